The largest absolute Gasteiger partial charge is 0.494 e. The predicted molar refractivity (Wildman–Crippen MR) is 103 cm³/mol. The van der Waals surface area contributed by atoms with E-state index in [0.29, 0.717) is 6.04 Å². The SMILES string of the molecule is COc1cccc2c3c(cnc12)CN(C(C)(C)C)CN3C1CCCC1. The van der Waals surface area contributed by atoms with Crippen LogP contribution in [0.2, 0.25) is 0 Å². The molecule has 25 heavy (non-hydrogen) atoms. The molecule has 4 rings (SSSR count). The quantitative estimate of drug-likeness (QED) is 0.802. The molecule has 0 unspecified atom stereocenters. The van der Waals surface area contributed by atoms with Crippen LogP contribution in [-0.2, 0) is 6.54 Å². The standard InChI is InChI=1S/C21H29N3O/c1-21(2,3)23-13-15-12-22-19-17(10-7-11-18(19)25-4)20(15)24(14-23)16-8-5-6-9-16/h7,10-12,16H,5-6,8-9,13-14H2,1-4H3. The van der Waals surface area contributed by atoms with Gasteiger partial charge in [-0.1, -0.05) is 25.0 Å². The first-order valence-electron chi connectivity index (χ1n) is 9.45. The van der Waals surface area contributed by atoms with Crippen LogP contribution >= 0.6 is 0 Å². The zero-order valence-corrected chi connectivity index (χ0v) is 15.9. The normalized spacial score (nSPS) is 19.4. The maximum Gasteiger partial charge on any atom is 0.145 e. The van der Waals surface area contributed by atoms with E-state index < -0.39 is 0 Å². The molecule has 0 N–H and O–H groups in total. The van der Waals surface area contributed by atoms with Gasteiger partial charge in [-0.05, 0) is 39.7 Å². The van der Waals surface area contributed by atoms with Crippen molar-refractivity contribution in [3.8, 4) is 5.75 Å². The summed E-state index contributed by atoms with van der Waals surface area (Å²) in [7, 11) is 1.73. The van der Waals surface area contributed by atoms with Crippen molar-refractivity contribution in [3.05, 3.63) is 30.0 Å². The number of anilines is 1. The summed E-state index contributed by atoms with van der Waals surface area (Å²) in [6, 6.07) is 6.94. The van der Waals surface area contributed by atoms with Gasteiger partial charge >= 0.3 is 0 Å². The molecule has 1 aromatic carbocycles. The van der Waals surface area contributed by atoms with Gasteiger partial charge in [0.05, 0.1) is 19.5 Å². The number of nitrogens with zero attached hydrogens (tertiary/aromatic N) is 3. The zero-order valence-electron chi connectivity index (χ0n) is 15.9. The van der Waals surface area contributed by atoms with Crippen molar-refractivity contribution in [3.63, 3.8) is 0 Å². The minimum atomic E-state index is 0.151. The third-order valence-corrected chi connectivity index (χ3v) is 5.81. The fourth-order valence-electron chi connectivity index (χ4n) is 4.32. The molecule has 2 aromatic rings. The molecule has 1 fully saturated rings. The number of benzene rings is 1. The van der Waals surface area contributed by atoms with Crippen molar-refractivity contribution in [1.82, 2.24) is 9.88 Å². The highest BCUT2D eigenvalue weighted by Crippen LogP contribution is 2.41. The van der Waals surface area contributed by atoms with Crippen LogP contribution in [0.15, 0.2) is 24.4 Å². The Hall–Kier alpha value is -1.81. The molecule has 4 nitrogen and oxygen atoms in total. The van der Waals surface area contributed by atoms with Crippen molar-refractivity contribution in [2.24, 2.45) is 0 Å². The van der Waals surface area contributed by atoms with Gasteiger partial charge < -0.3 is 9.64 Å². The fraction of sp³-hybridized carbons (Fsp3) is 0.571. The molecule has 2 heterocycles. The maximum atomic E-state index is 5.56. The molecular weight excluding hydrogens is 310 g/mol. The van der Waals surface area contributed by atoms with Gasteiger partial charge in [0.15, 0.2) is 0 Å². The van der Waals surface area contributed by atoms with Gasteiger partial charge in [-0.25, -0.2) is 0 Å². The monoisotopic (exact) mass is 339 g/mol. The highest BCUT2D eigenvalue weighted by molar-refractivity contribution is 5.97. The summed E-state index contributed by atoms with van der Waals surface area (Å²) in [5.41, 5.74) is 3.86. The molecule has 1 aliphatic carbocycles. The predicted octanol–water partition coefficient (Wildman–Crippen LogP) is 4.56. The van der Waals surface area contributed by atoms with Crippen LogP contribution in [0, 0.1) is 0 Å². The highest BCUT2D eigenvalue weighted by Gasteiger charge is 2.35. The lowest BCUT2D eigenvalue weighted by molar-refractivity contribution is 0.116. The molecule has 2 aliphatic rings. The number of fused-ring (bicyclic) bond motifs is 3. The summed E-state index contributed by atoms with van der Waals surface area (Å²) in [6.45, 7) is 8.88. The van der Waals surface area contributed by atoms with Gasteiger partial charge in [-0.3, -0.25) is 9.88 Å². The minimum Gasteiger partial charge on any atom is -0.494 e. The second-order valence-electron chi connectivity index (χ2n) is 8.41. The highest BCUT2D eigenvalue weighted by atomic mass is 16.5. The lowest BCUT2D eigenvalue weighted by Gasteiger charge is -2.47. The number of para-hydroxylation sites is 1. The van der Waals surface area contributed by atoms with E-state index in [1.807, 2.05) is 6.07 Å². The van der Waals surface area contributed by atoms with Gasteiger partial charge in [0.25, 0.3) is 0 Å². The average molecular weight is 339 g/mol. The molecule has 1 aliphatic heterocycles. The summed E-state index contributed by atoms with van der Waals surface area (Å²) in [5, 5.41) is 1.23. The molecule has 0 radical (unpaired) electrons. The Balaban J connectivity index is 1.88. The zero-order chi connectivity index (χ0) is 17.6. The Kier molecular flexibility index (Phi) is 4.11. The van der Waals surface area contributed by atoms with Crippen molar-refractivity contribution in [2.75, 3.05) is 18.7 Å². The third-order valence-electron chi connectivity index (χ3n) is 5.81. The van der Waals surface area contributed by atoms with Crippen LogP contribution in [-0.4, -0.2) is 35.2 Å². The molecule has 1 aromatic heterocycles. The van der Waals surface area contributed by atoms with E-state index >= 15 is 0 Å². The second-order valence-corrected chi connectivity index (χ2v) is 8.41. The van der Waals surface area contributed by atoms with Gasteiger partial charge in [0.2, 0.25) is 0 Å². The smallest absolute Gasteiger partial charge is 0.145 e. The number of rotatable bonds is 2. The van der Waals surface area contributed by atoms with E-state index in [2.05, 4.69) is 48.9 Å². The van der Waals surface area contributed by atoms with Crippen LogP contribution in [0.1, 0.15) is 52.0 Å². The van der Waals surface area contributed by atoms with Crippen molar-refractivity contribution >= 4 is 16.6 Å². The van der Waals surface area contributed by atoms with E-state index in [4.69, 9.17) is 9.72 Å². The topological polar surface area (TPSA) is 28.6 Å². The molecular formula is C21H29N3O. The number of aromatic nitrogens is 1. The fourth-order valence-corrected chi connectivity index (χ4v) is 4.32. The average Bonchev–Trinajstić information content (AvgIpc) is 3.13. The van der Waals surface area contributed by atoms with Gasteiger partial charge in [-0.15, -0.1) is 0 Å². The van der Waals surface area contributed by atoms with E-state index in [1.165, 1.54) is 42.3 Å². The van der Waals surface area contributed by atoms with Crippen LogP contribution in [0.4, 0.5) is 5.69 Å². The molecule has 4 heteroatoms. The lowest BCUT2D eigenvalue weighted by atomic mass is 9.99. The lowest BCUT2D eigenvalue weighted by Crippen LogP contribution is -2.53. The molecule has 1 saturated carbocycles. The van der Waals surface area contributed by atoms with Gasteiger partial charge in [0.1, 0.15) is 11.3 Å². The molecule has 0 bridgehead atoms. The van der Waals surface area contributed by atoms with E-state index in [0.717, 1.165) is 24.5 Å². The van der Waals surface area contributed by atoms with Gasteiger partial charge in [0, 0.05) is 35.3 Å². The third kappa shape index (κ3) is 2.86. The maximum absolute atomic E-state index is 5.56. The van der Waals surface area contributed by atoms with Crippen LogP contribution in [0.3, 0.4) is 0 Å². The number of ether oxygens (including phenoxy) is 1. The van der Waals surface area contributed by atoms with Gasteiger partial charge in [-0.2, -0.15) is 0 Å². The molecule has 0 saturated heterocycles. The summed E-state index contributed by atoms with van der Waals surface area (Å²) >= 11 is 0. The molecule has 0 atom stereocenters. The number of hydrogen-bond donors (Lipinski definition) is 0. The van der Waals surface area contributed by atoms with E-state index in [9.17, 15) is 0 Å². The number of hydrogen-bond acceptors (Lipinski definition) is 4. The van der Waals surface area contributed by atoms with Crippen LogP contribution in [0.5, 0.6) is 5.75 Å². The minimum absolute atomic E-state index is 0.151. The first kappa shape index (κ1) is 16.6. The van der Waals surface area contributed by atoms with Crippen molar-refractivity contribution in [1.29, 1.82) is 0 Å². The van der Waals surface area contributed by atoms with E-state index in [-0.39, 0.29) is 5.54 Å². The molecule has 0 amide bonds. The first-order valence-corrected chi connectivity index (χ1v) is 9.45. The summed E-state index contributed by atoms with van der Waals surface area (Å²) in [5.74, 6) is 0.866. The molecule has 134 valence electrons. The molecule has 0 spiro atoms. The Bertz CT molecular complexity index is 775. The van der Waals surface area contributed by atoms with Crippen LogP contribution in [0.25, 0.3) is 10.9 Å². The van der Waals surface area contributed by atoms with Crippen molar-refractivity contribution in [2.45, 2.75) is 64.6 Å². The Morgan fingerprint density at radius 2 is 1.92 bits per heavy atom. The Labute approximate surface area is 150 Å². The summed E-state index contributed by atoms with van der Waals surface area (Å²) in [4.78, 5) is 9.99. The number of methoxy groups -OCH3 is 1. The second kappa shape index (κ2) is 6.17. The first-order chi connectivity index (χ1) is 12.0. The summed E-state index contributed by atoms with van der Waals surface area (Å²) in [6.07, 6.45) is 7.35. The Morgan fingerprint density at radius 3 is 2.60 bits per heavy atom. The number of pyridine rings is 1. The van der Waals surface area contributed by atoms with Crippen LogP contribution < -0.4 is 9.64 Å². The van der Waals surface area contributed by atoms with Crippen molar-refractivity contribution < 1.29 is 4.74 Å². The van der Waals surface area contributed by atoms with E-state index in [1.54, 1.807) is 7.11 Å². The summed E-state index contributed by atoms with van der Waals surface area (Å²) < 4.78 is 5.56. The Morgan fingerprint density at radius 1 is 1.16 bits per heavy atom.